The number of hydrogen-bond donors (Lipinski definition) is 2. The first-order chi connectivity index (χ1) is 11.5. The number of halogens is 1. The fraction of sp³-hybridized carbons (Fsp3) is 0.350. The van der Waals surface area contributed by atoms with E-state index in [0.717, 1.165) is 12.1 Å². The molecular weight excluding hydrogens is 423 g/mol. The van der Waals surface area contributed by atoms with Gasteiger partial charge in [0.1, 0.15) is 0 Å². The van der Waals surface area contributed by atoms with Gasteiger partial charge in [0.25, 0.3) is 0 Å². The summed E-state index contributed by atoms with van der Waals surface area (Å²) in [6, 6.07) is 17.0. The highest BCUT2D eigenvalue weighted by Crippen LogP contribution is 2.19. The molecule has 136 valence electrons. The minimum absolute atomic E-state index is 0. The third-order valence-corrected chi connectivity index (χ3v) is 4.13. The normalized spacial score (nSPS) is 12.6. The van der Waals surface area contributed by atoms with Crippen LogP contribution in [0, 0.1) is 6.92 Å². The Balaban J connectivity index is 0.00000312. The maximum atomic E-state index is 6.07. The molecule has 2 rings (SSSR count). The zero-order chi connectivity index (χ0) is 17.5. The minimum atomic E-state index is 0. The van der Waals surface area contributed by atoms with Crippen LogP contribution >= 0.6 is 24.0 Å². The second-order valence-electron chi connectivity index (χ2n) is 6.29. The van der Waals surface area contributed by atoms with Gasteiger partial charge in [-0.15, -0.1) is 24.0 Å². The molecule has 0 bridgehead atoms. The number of anilines is 1. The number of likely N-dealkylation sites (N-methyl/N-ethyl adjacent to an activating group) is 1. The van der Waals surface area contributed by atoms with Crippen LogP contribution in [-0.2, 0) is 6.42 Å². The first kappa shape index (κ1) is 21.4. The predicted molar refractivity (Wildman–Crippen MR) is 119 cm³/mol. The minimum Gasteiger partial charge on any atom is -0.370 e. The van der Waals surface area contributed by atoms with E-state index < -0.39 is 0 Å². The zero-order valence-electron chi connectivity index (χ0n) is 15.5. The summed E-state index contributed by atoms with van der Waals surface area (Å²) in [7, 11) is 4.13. The first-order valence-corrected chi connectivity index (χ1v) is 8.38. The number of rotatable bonds is 6. The van der Waals surface area contributed by atoms with Gasteiger partial charge in [-0.25, -0.2) is 0 Å². The Morgan fingerprint density at radius 1 is 1.16 bits per heavy atom. The van der Waals surface area contributed by atoms with Crippen LogP contribution in [0.15, 0.2) is 53.5 Å². The molecule has 0 aromatic heterocycles. The first-order valence-electron chi connectivity index (χ1n) is 8.38. The largest absolute Gasteiger partial charge is 0.370 e. The summed E-state index contributed by atoms with van der Waals surface area (Å²) in [5.41, 5.74) is 10.8. The Bertz CT molecular complexity index is 680. The van der Waals surface area contributed by atoms with Gasteiger partial charge >= 0.3 is 0 Å². The standard InChI is InChI=1S/C20H28N4.HI/c1-5-16-7-6-8-18(13-16)23-20(21)22-14-19(24(3)4)17-11-9-15(2)10-12-17;/h6-13,19H,5,14H2,1-4H3,(H3,21,22,23);1H. The molecule has 0 aliphatic heterocycles. The summed E-state index contributed by atoms with van der Waals surface area (Å²) in [5, 5.41) is 3.18. The molecule has 0 fully saturated rings. The third kappa shape index (κ3) is 6.66. The van der Waals surface area contributed by atoms with E-state index >= 15 is 0 Å². The highest BCUT2D eigenvalue weighted by Gasteiger charge is 2.13. The van der Waals surface area contributed by atoms with Crippen molar-refractivity contribution in [3.05, 3.63) is 65.2 Å². The van der Waals surface area contributed by atoms with Crippen molar-refractivity contribution in [2.45, 2.75) is 26.3 Å². The van der Waals surface area contributed by atoms with Crippen LogP contribution in [0.1, 0.15) is 29.7 Å². The molecule has 5 heteroatoms. The van der Waals surface area contributed by atoms with E-state index in [2.05, 4.69) is 79.6 Å². The summed E-state index contributed by atoms with van der Waals surface area (Å²) in [6.07, 6.45) is 1.00. The molecule has 1 unspecified atom stereocenters. The Morgan fingerprint density at radius 2 is 1.84 bits per heavy atom. The van der Waals surface area contributed by atoms with Crippen molar-refractivity contribution in [1.82, 2.24) is 4.90 Å². The monoisotopic (exact) mass is 452 g/mol. The molecule has 0 saturated carbocycles. The van der Waals surface area contributed by atoms with Gasteiger partial charge in [-0.2, -0.15) is 0 Å². The van der Waals surface area contributed by atoms with Crippen LogP contribution < -0.4 is 11.1 Å². The Labute approximate surface area is 168 Å². The molecular formula is C20H29IN4. The zero-order valence-corrected chi connectivity index (χ0v) is 17.8. The smallest absolute Gasteiger partial charge is 0.193 e. The number of hydrogen-bond acceptors (Lipinski definition) is 2. The molecule has 3 N–H and O–H groups in total. The van der Waals surface area contributed by atoms with E-state index in [-0.39, 0.29) is 30.0 Å². The Hall–Kier alpha value is -1.60. The lowest BCUT2D eigenvalue weighted by atomic mass is 10.0. The third-order valence-electron chi connectivity index (χ3n) is 4.13. The van der Waals surface area contributed by atoms with Gasteiger partial charge in [-0.3, -0.25) is 4.99 Å². The number of nitrogens with one attached hydrogen (secondary N) is 1. The molecule has 1 atom stereocenters. The number of benzene rings is 2. The summed E-state index contributed by atoms with van der Waals surface area (Å²) >= 11 is 0. The molecule has 0 aliphatic rings. The summed E-state index contributed by atoms with van der Waals surface area (Å²) in [6.45, 7) is 4.85. The van der Waals surface area contributed by atoms with Crippen molar-refractivity contribution >= 4 is 35.6 Å². The Morgan fingerprint density at radius 3 is 2.44 bits per heavy atom. The van der Waals surface area contributed by atoms with Gasteiger partial charge in [-0.05, 0) is 50.7 Å². The average molecular weight is 452 g/mol. The highest BCUT2D eigenvalue weighted by atomic mass is 127. The highest BCUT2D eigenvalue weighted by molar-refractivity contribution is 14.0. The van der Waals surface area contributed by atoms with E-state index in [1.54, 1.807) is 0 Å². The van der Waals surface area contributed by atoms with E-state index in [9.17, 15) is 0 Å². The quantitative estimate of drug-likeness (QED) is 0.393. The molecule has 0 aliphatic carbocycles. The van der Waals surface area contributed by atoms with Gasteiger partial charge in [0.2, 0.25) is 0 Å². The fourth-order valence-electron chi connectivity index (χ4n) is 2.60. The lowest BCUT2D eigenvalue weighted by molar-refractivity contribution is 0.306. The molecule has 0 amide bonds. The van der Waals surface area contributed by atoms with Crippen molar-refractivity contribution in [2.24, 2.45) is 10.7 Å². The molecule has 2 aromatic rings. The lowest BCUT2D eigenvalue weighted by Crippen LogP contribution is -2.27. The van der Waals surface area contributed by atoms with Gasteiger partial charge in [0.15, 0.2) is 5.96 Å². The van der Waals surface area contributed by atoms with Gasteiger partial charge in [0.05, 0.1) is 12.6 Å². The molecule has 0 spiro atoms. The number of aryl methyl sites for hydroxylation is 2. The maximum Gasteiger partial charge on any atom is 0.193 e. The molecule has 2 aromatic carbocycles. The molecule has 0 heterocycles. The molecule has 0 radical (unpaired) electrons. The molecule has 0 saturated heterocycles. The number of guanidine groups is 1. The average Bonchev–Trinajstić information content (AvgIpc) is 2.56. The van der Waals surface area contributed by atoms with Gasteiger partial charge in [-0.1, -0.05) is 48.9 Å². The summed E-state index contributed by atoms with van der Waals surface area (Å²) in [5.74, 6) is 0.446. The topological polar surface area (TPSA) is 53.6 Å². The van der Waals surface area contributed by atoms with Crippen LogP contribution in [0.4, 0.5) is 5.69 Å². The summed E-state index contributed by atoms with van der Waals surface area (Å²) in [4.78, 5) is 6.70. The van der Waals surface area contributed by atoms with Crippen LogP contribution in [0.2, 0.25) is 0 Å². The van der Waals surface area contributed by atoms with Crippen LogP contribution in [0.25, 0.3) is 0 Å². The molecule has 25 heavy (non-hydrogen) atoms. The van der Waals surface area contributed by atoms with Crippen molar-refractivity contribution in [3.63, 3.8) is 0 Å². The summed E-state index contributed by atoms with van der Waals surface area (Å²) < 4.78 is 0. The predicted octanol–water partition coefficient (Wildman–Crippen LogP) is 4.20. The van der Waals surface area contributed by atoms with Crippen LogP contribution in [-0.4, -0.2) is 31.5 Å². The van der Waals surface area contributed by atoms with Crippen molar-refractivity contribution in [1.29, 1.82) is 0 Å². The second kappa shape index (κ2) is 10.4. The number of nitrogens with zero attached hydrogens (tertiary/aromatic N) is 2. The Kier molecular flexibility index (Phi) is 8.92. The van der Waals surface area contributed by atoms with E-state index in [1.807, 2.05) is 12.1 Å². The van der Waals surface area contributed by atoms with E-state index in [0.29, 0.717) is 12.5 Å². The van der Waals surface area contributed by atoms with Crippen LogP contribution in [0.3, 0.4) is 0 Å². The molecule has 4 nitrogen and oxygen atoms in total. The van der Waals surface area contributed by atoms with Crippen LogP contribution in [0.5, 0.6) is 0 Å². The van der Waals surface area contributed by atoms with Gasteiger partial charge in [0, 0.05) is 5.69 Å². The van der Waals surface area contributed by atoms with Gasteiger partial charge < -0.3 is 16.0 Å². The number of aliphatic imine (C=N–C) groups is 1. The van der Waals surface area contributed by atoms with Crippen molar-refractivity contribution in [2.75, 3.05) is 26.0 Å². The van der Waals surface area contributed by atoms with Crippen molar-refractivity contribution in [3.8, 4) is 0 Å². The SMILES string of the molecule is CCc1cccc(NC(N)=NCC(c2ccc(C)cc2)N(C)C)c1.I. The lowest BCUT2D eigenvalue weighted by Gasteiger charge is -2.23. The maximum absolute atomic E-state index is 6.07. The second-order valence-corrected chi connectivity index (χ2v) is 6.29. The van der Waals surface area contributed by atoms with E-state index in [4.69, 9.17) is 5.73 Å². The number of nitrogens with two attached hydrogens (primary N) is 1. The van der Waals surface area contributed by atoms with E-state index in [1.165, 1.54) is 16.7 Å². The fourth-order valence-corrected chi connectivity index (χ4v) is 2.60. The van der Waals surface area contributed by atoms with Crippen molar-refractivity contribution < 1.29 is 0 Å².